The van der Waals surface area contributed by atoms with Gasteiger partial charge in [-0.15, -0.1) is 0 Å². The molecule has 1 N–H and O–H groups in total. The van der Waals surface area contributed by atoms with E-state index in [0.29, 0.717) is 11.6 Å². The van der Waals surface area contributed by atoms with Crippen LogP contribution >= 0.6 is 27.5 Å². The van der Waals surface area contributed by atoms with Gasteiger partial charge in [0.1, 0.15) is 5.82 Å². The van der Waals surface area contributed by atoms with Gasteiger partial charge in [0.15, 0.2) is 0 Å². The van der Waals surface area contributed by atoms with E-state index in [1.807, 2.05) is 12.1 Å². The molecule has 0 saturated carbocycles. The summed E-state index contributed by atoms with van der Waals surface area (Å²) in [5.41, 5.74) is 0. The van der Waals surface area contributed by atoms with Gasteiger partial charge in [-0.1, -0.05) is 18.2 Å². The number of pyridine rings is 1. The van der Waals surface area contributed by atoms with Crippen molar-refractivity contribution in [3.05, 3.63) is 34.4 Å². The fraction of sp³-hybridized carbons (Fsp3) is 0.125. The zero-order valence-corrected chi connectivity index (χ0v) is 8.69. The van der Waals surface area contributed by atoms with Crippen LogP contribution in [0.4, 0.5) is 5.82 Å². The Morgan fingerprint density at radius 3 is 3.08 bits per heavy atom. The first-order valence-corrected chi connectivity index (χ1v) is 4.55. The number of aromatic nitrogens is 1. The van der Waals surface area contributed by atoms with Crippen molar-refractivity contribution in [2.45, 2.75) is 0 Å². The van der Waals surface area contributed by atoms with E-state index in [1.165, 1.54) is 0 Å². The third-order valence-corrected chi connectivity index (χ3v) is 1.98. The Morgan fingerprint density at radius 2 is 2.50 bits per heavy atom. The molecule has 1 aromatic heterocycles. The fourth-order valence-corrected chi connectivity index (χ4v) is 1.16. The molecule has 0 aliphatic rings. The molecule has 0 atom stereocenters. The second-order valence-electron chi connectivity index (χ2n) is 2.20. The highest BCUT2D eigenvalue weighted by atomic mass is 79.9. The largest absolute Gasteiger partial charge is 0.364 e. The number of hydrogen-bond acceptors (Lipinski definition) is 2. The zero-order chi connectivity index (χ0) is 8.97. The summed E-state index contributed by atoms with van der Waals surface area (Å²) in [5.74, 6) is 0.777. The Morgan fingerprint density at radius 1 is 1.75 bits per heavy atom. The zero-order valence-electron chi connectivity index (χ0n) is 6.35. The molecule has 0 spiro atoms. The van der Waals surface area contributed by atoms with Crippen molar-refractivity contribution >= 4 is 33.3 Å². The number of nitrogens with zero attached hydrogens (tertiary/aromatic N) is 1. The molecule has 0 unspecified atom stereocenters. The topological polar surface area (TPSA) is 24.9 Å². The monoisotopic (exact) mass is 246 g/mol. The summed E-state index contributed by atoms with van der Waals surface area (Å²) in [6.07, 6.45) is 1.71. The van der Waals surface area contributed by atoms with Crippen LogP contribution in [0.2, 0.25) is 0 Å². The Balaban J connectivity index is 2.63. The number of rotatable bonds is 3. The predicted octanol–water partition coefficient (Wildman–Crippen LogP) is 3.01. The molecule has 0 amide bonds. The first-order valence-electron chi connectivity index (χ1n) is 3.38. The molecular formula is C8H8BrClN2. The van der Waals surface area contributed by atoms with Crippen LogP contribution in [-0.4, -0.2) is 11.5 Å². The molecular weight excluding hydrogens is 239 g/mol. The van der Waals surface area contributed by atoms with Gasteiger partial charge in [-0.05, 0) is 28.1 Å². The van der Waals surface area contributed by atoms with Gasteiger partial charge >= 0.3 is 0 Å². The lowest BCUT2D eigenvalue weighted by Gasteiger charge is -2.04. The van der Waals surface area contributed by atoms with Crippen molar-refractivity contribution < 1.29 is 0 Å². The lowest BCUT2D eigenvalue weighted by Crippen LogP contribution is -2.02. The standard InChI is InChI=1S/C8H8BrClN2/c1-6(10)5-12-8-7(9)3-2-4-11-8/h2-4H,1,5H2,(H,11,12). The maximum Gasteiger partial charge on any atom is 0.140 e. The SMILES string of the molecule is C=C(Cl)CNc1ncccc1Br. The molecule has 0 aromatic carbocycles. The number of halogens is 2. The molecule has 1 aromatic rings. The Kier molecular flexibility index (Phi) is 3.56. The molecule has 0 aliphatic heterocycles. The van der Waals surface area contributed by atoms with E-state index in [-0.39, 0.29) is 0 Å². The lowest BCUT2D eigenvalue weighted by atomic mass is 10.4. The Bertz CT molecular complexity index is 288. The van der Waals surface area contributed by atoms with Crippen molar-refractivity contribution in [2.24, 2.45) is 0 Å². The van der Waals surface area contributed by atoms with Gasteiger partial charge in [-0.25, -0.2) is 4.98 Å². The summed E-state index contributed by atoms with van der Waals surface area (Å²) in [6.45, 7) is 4.08. The third kappa shape index (κ3) is 2.83. The summed E-state index contributed by atoms with van der Waals surface area (Å²) >= 11 is 8.93. The van der Waals surface area contributed by atoms with Crippen molar-refractivity contribution in [2.75, 3.05) is 11.9 Å². The average Bonchev–Trinajstić information content (AvgIpc) is 2.03. The number of nitrogens with one attached hydrogen (secondary N) is 1. The minimum atomic E-state index is 0.525. The summed E-state index contributed by atoms with van der Waals surface area (Å²) in [6, 6.07) is 3.76. The van der Waals surface area contributed by atoms with Crippen LogP contribution in [0.25, 0.3) is 0 Å². The van der Waals surface area contributed by atoms with Gasteiger partial charge in [0, 0.05) is 11.2 Å². The molecule has 2 nitrogen and oxygen atoms in total. The molecule has 0 saturated heterocycles. The number of hydrogen-bond donors (Lipinski definition) is 1. The van der Waals surface area contributed by atoms with Crippen LogP contribution in [0, 0.1) is 0 Å². The molecule has 1 heterocycles. The second-order valence-corrected chi connectivity index (χ2v) is 3.59. The summed E-state index contributed by atoms with van der Waals surface area (Å²) < 4.78 is 0.919. The van der Waals surface area contributed by atoms with E-state index in [0.717, 1.165) is 10.3 Å². The van der Waals surface area contributed by atoms with E-state index in [9.17, 15) is 0 Å². The van der Waals surface area contributed by atoms with Gasteiger partial charge in [0.05, 0.1) is 11.0 Å². The lowest BCUT2D eigenvalue weighted by molar-refractivity contribution is 1.21. The highest BCUT2D eigenvalue weighted by Gasteiger charge is 1.97. The molecule has 0 radical (unpaired) electrons. The Labute approximate surface area is 84.8 Å². The maximum absolute atomic E-state index is 5.58. The summed E-state index contributed by atoms with van der Waals surface area (Å²) in [7, 11) is 0. The second kappa shape index (κ2) is 4.48. The van der Waals surface area contributed by atoms with E-state index in [4.69, 9.17) is 11.6 Å². The van der Waals surface area contributed by atoms with Crippen molar-refractivity contribution in [3.63, 3.8) is 0 Å². The van der Waals surface area contributed by atoms with Crippen molar-refractivity contribution in [1.29, 1.82) is 0 Å². The van der Waals surface area contributed by atoms with Gasteiger partial charge in [0.2, 0.25) is 0 Å². The highest BCUT2D eigenvalue weighted by Crippen LogP contribution is 2.18. The minimum Gasteiger partial charge on any atom is -0.364 e. The van der Waals surface area contributed by atoms with Gasteiger partial charge < -0.3 is 5.32 Å². The van der Waals surface area contributed by atoms with Crippen LogP contribution in [0.1, 0.15) is 0 Å². The molecule has 0 aliphatic carbocycles. The summed E-state index contributed by atoms with van der Waals surface area (Å²) in [4.78, 5) is 4.09. The smallest absolute Gasteiger partial charge is 0.140 e. The van der Waals surface area contributed by atoms with E-state index in [1.54, 1.807) is 6.20 Å². The van der Waals surface area contributed by atoms with Crippen LogP contribution in [0.5, 0.6) is 0 Å². The molecule has 0 fully saturated rings. The minimum absolute atomic E-state index is 0.525. The fourth-order valence-electron chi connectivity index (χ4n) is 0.695. The maximum atomic E-state index is 5.58. The molecule has 64 valence electrons. The van der Waals surface area contributed by atoms with Crippen LogP contribution in [0.3, 0.4) is 0 Å². The first kappa shape index (κ1) is 9.55. The van der Waals surface area contributed by atoms with E-state index >= 15 is 0 Å². The van der Waals surface area contributed by atoms with Crippen LogP contribution in [0.15, 0.2) is 34.4 Å². The molecule has 12 heavy (non-hydrogen) atoms. The third-order valence-electron chi connectivity index (χ3n) is 1.21. The molecule has 1 rings (SSSR count). The van der Waals surface area contributed by atoms with Gasteiger partial charge in [-0.2, -0.15) is 0 Å². The quantitative estimate of drug-likeness (QED) is 0.888. The number of anilines is 1. The van der Waals surface area contributed by atoms with Gasteiger partial charge in [-0.3, -0.25) is 0 Å². The first-order chi connectivity index (χ1) is 5.70. The molecule has 4 heteroatoms. The van der Waals surface area contributed by atoms with Gasteiger partial charge in [0.25, 0.3) is 0 Å². The predicted molar refractivity (Wildman–Crippen MR) is 55.4 cm³/mol. The highest BCUT2D eigenvalue weighted by molar-refractivity contribution is 9.10. The van der Waals surface area contributed by atoms with E-state index in [2.05, 4.69) is 32.8 Å². The Hall–Kier alpha value is -0.540. The van der Waals surface area contributed by atoms with Crippen molar-refractivity contribution in [1.82, 2.24) is 4.98 Å². The summed E-state index contributed by atoms with van der Waals surface area (Å²) in [5, 5.41) is 3.59. The normalized spacial score (nSPS) is 9.50. The average molecular weight is 248 g/mol. The van der Waals surface area contributed by atoms with E-state index < -0.39 is 0 Å². The molecule has 0 bridgehead atoms. The van der Waals surface area contributed by atoms with Crippen LogP contribution in [-0.2, 0) is 0 Å². The van der Waals surface area contributed by atoms with Crippen molar-refractivity contribution in [3.8, 4) is 0 Å². The van der Waals surface area contributed by atoms with Crippen LogP contribution < -0.4 is 5.32 Å².